The summed E-state index contributed by atoms with van der Waals surface area (Å²) < 4.78 is 5.53. The summed E-state index contributed by atoms with van der Waals surface area (Å²) in [6.07, 6.45) is -0.451. The van der Waals surface area contributed by atoms with Crippen LogP contribution in [0.15, 0.2) is 48.5 Å². The molecule has 1 heterocycles. The van der Waals surface area contributed by atoms with Crippen molar-refractivity contribution in [2.75, 3.05) is 26.2 Å². The molecule has 1 fully saturated rings. The van der Waals surface area contributed by atoms with Gasteiger partial charge in [0, 0.05) is 18.9 Å². The van der Waals surface area contributed by atoms with Crippen LogP contribution in [-0.4, -0.2) is 64.9 Å². The van der Waals surface area contributed by atoms with Crippen LogP contribution in [0.25, 0.3) is 11.1 Å². The maximum absolute atomic E-state index is 12.4. The van der Waals surface area contributed by atoms with Crippen molar-refractivity contribution < 1.29 is 29.3 Å². The number of fused-ring (bicyclic) bond motifs is 3. The molecule has 3 N–H and O–H groups in total. The van der Waals surface area contributed by atoms with Gasteiger partial charge in [-0.05, 0) is 27.7 Å². The zero-order valence-electron chi connectivity index (χ0n) is 18.7. The van der Waals surface area contributed by atoms with Gasteiger partial charge in [0.1, 0.15) is 6.61 Å². The molecule has 2 aliphatic rings. The van der Waals surface area contributed by atoms with Crippen LogP contribution < -0.4 is 5.32 Å². The highest BCUT2D eigenvalue weighted by atomic mass is 16.5. The van der Waals surface area contributed by atoms with E-state index in [1.165, 1.54) is 4.90 Å². The highest BCUT2D eigenvalue weighted by Gasteiger charge is 2.50. The lowest BCUT2D eigenvalue weighted by Gasteiger charge is -2.44. The van der Waals surface area contributed by atoms with E-state index in [4.69, 9.17) is 9.84 Å². The third-order valence-electron chi connectivity index (χ3n) is 6.34. The highest BCUT2D eigenvalue weighted by molar-refractivity contribution is 5.85. The number of ether oxygens (including phenoxy) is 1. The Hall–Kier alpha value is -3.39. The molecule has 8 heteroatoms. The fourth-order valence-electron chi connectivity index (χ4n) is 4.44. The van der Waals surface area contributed by atoms with E-state index in [0.29, 0.717) is 0 Å². The maximum atomic E-state index is 12.4. The van der Waals surface area contributed by atoms with Crippen LogP contribution >= 0.6 is 0 Å². The van der Waals surface area contributed by atoms with Crippen molar-refractivity contribution >= 4 is 18.0 Å². The Morgan fingerprint density at radius 3 is 2.15 bits per heavy atom. The molecule has 0 aromatic heterocycles. The van der Waals surface area contributed by atoms with Crippen molar-refractivity contribution in [3.8, 4) is 11.1 Å². The monoisotopic (exact) mass is 452 g/mol. The summed E-state index contributed by atoms with van der Waals surface area (Å²) in [5.74, 6) is -1.62. The third-order valence-corrected chi connectivity index (χ3v) is 6.34. The Morgan fingerprint density at radius 1 is 1.06 bits per heavy atom. The largest absolute Gasteiger partial charge is 0.479 e. The van der Waals surface area contributed by atoms with Gasteiger partial charge in [-0.25, -0.2) is 9.59 Å². The topological polar surface area (TPSA) is 116 Å². The van der Waals surface area contributed by atoms with E-state index in [9.17, 15) is 19.5 Å². The first-order valence-electron chi connectivity index (χ1n) is 10.9. The first-order valence-corrected chi connectivity index (χ1v) is 10.9. The molecule has 1 aliphatic heterocycles. The van der Waals surface area contributed by atoms with Gasteiger partial charge < -0.3 is 25.2 Å². The van der Waals surface area contributed by atoms with Gasteiger partial charge in [-0.2, -0.15) is 0 Å². The molecule has 0 radical (unpaired) electrons. The second-order valence-electron chi connectivity index (χ2n) is 9.61. The van der Waals surface area contributed by atoms with Crippen molar-refractivity contribution in [2.24, 2.45) is 5.41 Å². The van der Waals surface area contributed by atoms with Gasteiger partial charge in [0.15, 0.2) is 5.60 Å². The summed E-state index contributed by atoms with van der Waals surface area (Å²) in [4.78, 5) is 37.1. The predicted octanol–water partition coefficient (Wildman–Crippen LogP) is 2.60. The van der Waals surface area contributed by atoms with E-state index in [1.54, 1.807) is 0 Å². The zero-order valence-corrected chi connectivity index (χ0v) is 18.7. The summed E-state index contributed by atoms with van der Waals surface area (Å²) in [5.41, 5.74) is 2.14. The number of β-amino-alcohol motifs (C(OH)–C–C–N with tert-alkyl or cyclic N) is 1. The van der Waals surface area contributed by atoms with Crippen molar-refractivity contribution in [3.05, 3.63) is 59.7 Å². The number of benzene rings is 2. The average molecular weight is 453 g/mol. The number of carbonyl (C=O) groups is 3. The molecule has 2 aromatic carbocycles. The average Bonchev–Trinajstić information content (AvgIpc) is 3.07. The van der Waals surface area contributed by atoms with E-state index in [-0.39, 0.29) is 44.5 Å². The van der Waals surface area contributed by atoms with Gasteiger partial charge in [0.2, 0.25) is 5.91 Å². The molecule has 0 spiro atoms. The second-order valence-corrected chi connectivity index (χ2v) is 9.61. The van der Waals surface area contributed by atoms with E-state index >= 15 is 0 Å². The molecule has 0 bridgehead atoms. The minimum Gasteiger partial charge on any atom is -0.479 e. The lowest BCUT2D eigenvalue weighted by atomic mass is 9.86. The van der Waals surface area contributed by atoms with Crippen molar-refractivity contribution in [2.45, 2.75) is 31.8 Å². The van der Waals surface area contributed by atoms with Crippen LogP contribution in [0.5, 0.6) is 0 Å². The zero-order chi connectivity index (χ0) is 23.8. The molecule has 1 saturated heterocycles. The van der Waals surface area contributed by atoms with Crippen LogP contribution in [0.3, 0.4) is 0 Å². The number of aliphatic hydroxyl groups is 1. The number of nitrogens with zero attached hydrogens (tertiary/aromatic N) is 1. The molecule has 8 nitrogen and oxygen atoms in total. The van der Waals surface area contributed by atoms with E-state index in [0.717, 1.165) is 22.3 Å². The van der Waals surface area contributed by atoms with E-state index in [2.05, 4.69) is 29.6 Å². The summed E-state index contributed by atoms with van der Waals surface area (Å²) in [6, 6.07) is 16.2. The van der Waals surface area contributed by atoms with Crippen LogP contribution in [-0.2, 0) is 14.3 Å². The van der Waals surface area contributed by atoms with Crippen LogP contribution in [0.4, 0.5) is 4.79 Å². The maximum Gasteiger partial charge on any atom is 0.407 e. The molecular formula is C25H28N2O6. The molecular weight excluding hydrogens is 424 g/mol. The predicted molar refractivity (Wildman–Crippen MR) is 121 cm³/mol. The number of carbonyl (C=O) groups excluding carboxylic acids is 2. The van der Waals surface area contributed by atoms with Crippen LogP contribution in [0.2, 0.25) is 0 Å². The highest BCUT2D eigenvalue weighted by Crippen LogP contribution is 2.44. The number of aliphatic carboxylic acids is 1. The first kappa shape index (κ1) is 22.8. The van der Waals surface area contributed by atoms with Crippen molar-refractivity contribution in [1.82, 2.24) is 10.2 Å². The van der Waals surface area contributed by atoms with Crippen molar-refractivity contribution in [3.63, 3.8) is 0 Å². The molecule has 4 rings (SSSR count). The second kappa shape index (κ2) is 8.51. The third kappa shape index (κ3) is 4.57. The number of carboxylic acids is 1. The molecule has 174 valence electrons. The number of rotatable bonds is 7. The Bertz CT molecular complexity index is 1040. The molecule has 0 atom stereocenters. The number of nitrogens with one attached hydrogen (secondary N) is 1. The Kier molecular flexibility index (Phi) is 5.88. The number of amides is 2. The van der Waals surface area contributed by atoms with Gasteiger partial charge in [0.05, 0.1) is 13.1 Å². The molecule has 0 unspecified atom stereocenters. The number of carboxylic acid groups (broad SMARTS) is 1. The minimum absolute atomic E-state index is 0.0304. The lowest BCUT2D eigenvalue weighted by Crippen LogP contribution is -2.67. The van der Waals surface area contributed by atoms with Gasteiger partial charge in [0.25, 0.3) is 0 Å². The SMILES string of the molecule is CC(C)(CNC(=O)OCC1c2ccccc2-c2ccccc21)CC(=O)N1CC(O)(C(=O)O)C1. The number of likely N-dealkylation sites (tertiary alicyclic amines) is 1. The fourth-order valence-corrected chi connectivity index (χ4v) is 4.44. The summed E-state index contributed by atoms with van der Waals surface area (Å²) in [5, 5.41) is 21.5. The smallest absolute Gasteiger partial charge is 0.407 e. The first-order chi connectivity index (χ1) is 15.6. The van der Waals surface area contributed by atoms with Crippen molar-refractivity contribution in [1.29, 1.82) is 0 Å². The summed E-state index contributed by atoms with van der Waals surface area (Å²) >= 11 is 0. The van der Waals surface area contributed by atoms with Gasteiger partial charge in [-0.1, -0.05) is 62.4 Å². The summed E-state index contributed by atoms with van der Waals surface area (Å²) in [6.45, 7) is 3.64. The quantitative estimate of drug-likeness (QED) is 0.595. The Labute approximate surface area is 192 Å². The molecule has 33 heavy (non-hydrogen) atoms. The Balaban J connectivity index is 1.28. The normalized spacial score (nSPS) is 16.4. The van der Waals surface area contributed by atoms with Gasteiger partial charge >= 0.3 is 12.1 Å². The lowest BCUT2D eigenvalue weighted by molar-refractivity contribution is -0.182. The Morgan fingerprint density at radius 2 is 1.61 bits per heavy atom. The van der Waals surface area contributed by atoms with E-state index < -0.39 is 23.1 Å². The number of alkyl carbamates (subject to hydrolysis) is 1. The number of hydrogen-bond acceptors (Lipinski definition) is 5. The minimum atomic E-state index is -1.86. The number of hydrogen-bond donors (Lipinski definition) is 3. The van der Waals surface area contributed by atoms with E-state index in [1.807, 2.05) is 38.1 Å². The molecule has 0 saturated carbocycles. The molecule has 1 aliphatic carbocycles. The fraction of sp³-hybridized carbons (Fsp3) is 0.400. The van der Waals surface area contributed by atoms with Crippen LogP contribution in [0, 0.1) is 5.41 Å². The van der Waals surface area contributed by atoms with Gasteiger partial charge in [-0.15, -0.1) is 0 Å². The van der Waals surface area contributed by atoms with Crippen LogP contribution in [0.1, 0.15) is 37.3 Å². The standard InChI is InChI=1S/C25H28N2O6/c1-24(2,11-21(28)27-14-25(32,15-27)22(29)30)13-26-23(31)33-12-20-18-9-5-3-7-16(18)17-8-4-6-10-19(17)20/h3-10,20,32H,11-15H2,1-2H3,(H,26,31)(H,29,30). The molecule has 2 aromatic rings. The summed E-state index contributed by atoms with van der Waals surface area (Å²) in [7, 11) is 0. The van der Waals surface area contributed by atoms with Gasteiger partial charge in [-0.3, -0.25) is 4.79 Å². The molecule has 2 amide bonds.